The quantitative estimate of drug-likeness (QED) is 0.814. The maximum absolute atomic E-state index is 12.7. The Hall–Kier alpha value is -2.38. The zero-order chi connectivity index (χ0) is 18.5. The molecule has 1 saturated heterocycles. The number of methoxy groups -OCH3 is 1. The Morgan fingerprint density at radius 3 is 3.00 bits per heavy atom. The number of aromatic nitrogens is 2. The third kappa shape index (κ3) is 4.05. The molecule has 2 atom stereocenters. The monoisotopic (exact) mass is 357 g/mol. The van der Waals surface area contributed by atoms with E-state index in [0.717, 1.165) is 36.8 Å². The van der Waals surface area contributed by atoms with E-state index in [1.807, 2.05) is 49.0 Å². The lowest BCUT2D eigenvalue weighted by Gasteiger charge is -2.35. The highest BCUT2D eigenvalue weighted by atomic mass is 16.5. The first kappa shape index (κ1) is 18.4. The molecule has 7 heteroatoms. The van der Waals surface area contributed by atoms with Crippen LogP contribution in [0.4, 0.5) is 0 Å². The minimum atomic E-state index is -0.117. The molecule has 7 nitrogen and oxygen atoms in total. The van der Waals surface area contributed by atoms with Gasteiger partial charge < -0.3 is 19.9 Å². The van der Waals surface area contributed by atoms with Crippen LogP contribution < -0.4 is 15.4 Å². The third-order valence-corrected chi connectivity index (χ3v) is 4.84. The van der Waals surface area contributed by atoms with Gasteiger partial charge in [0.2, 0.25) is 5.91 Å². The Labute approximate surface area is 154 Å². The number of hydrogen-bond donors (Lipinski definition) is 2. The summed E-state index contributed by atoms with van der Waals surface area (Å²) in [6, 6.07) is 7.74. The van der Waals surface area contributed by atoms with Crippen LogP contribution in [0, 0.1) is 0 Å². The standard InChI is InChI=1S/C19H27N5O2/c1-14(15-6-4-5-7-17(15)26-3)22-18(25)13-24-11-8-20-12-16(24)19-21-9-10-23(19)2/h4-7,9-10,14,16,20H,8,11-13H2,1-3H3,(H,22,25). The number of benzene rings is 1. The number of imidazole rings is 1. The van der Waals surface area contributed by atoms with E-state index in [9.17, 15) is 4.79 Å². The number of nitrogens with one attached hydrogen (secondary N) is 2. The number of hydrogen-bond acceptors (Lipinski definition) is 5. The Bertz CT molecular complexity index is 745. The van der Waals surface area contributed by atoms with Crippen molar-refractivity contribution in [1.82, 2.24) is 25.1 Å². The van der Waals surface area contributed by atoms with Gasteiger partial charge >= 0.3 is 0 Å². The summed E-state index contributed by atoms with van der Waals surface area (Å²) in [6.45, 7) is 4.80. The average Bonchev–Trinajstić information content (AvgIpc) is 3.07. The fourth-order valence-electron chi connectivity index (χ4n) is 3.46. The molecule has 1 amide bonds. The van der Waals surface area contributed by atoms with Crippen molar-refractivity contribution in [2.24, 2.45) is 7.05 Å². The number of amides is 1. The van der Waals surface area contributed by atoms with Crippen molar-refractivity contribution in [3.05, 3.63) is 48.0 Å². The molecule has 140 valence electrons. The van der Waals surface area contributed by atoms with Gasteiger partial charge in [-0.3, -0.25) is 9.69 Å². The van der Waals surface area contributed by atoms with Crippen molar-refractivity contribution < 1.29 is 9.53 Å². The van der Waals surface area contributed by atoms with Crippen LogP contribution in [0.15, 0.2) is 36.7 Å². The van der Waals surface area contributed by atoms with Gasteiger partial charge in [-0.2, -0.15) is 0 Å². The highest BCUT2D eigenvalue weighted by Crippen LogP contribution is 2.24. The van der Waals surface area contributed by atoms with E-state index < -0.39 is 0 Å². The van der Waals surface area contributed by atoms with Gasteiger partial charge in [0, 0.05) is 44.6 Å². The van der Waals surface area contributed by atoms with Crippen molar-refractivity contribution in [2.45, 2.75) is 19.0 Å². The minimum Gasteiger partial charge on any atom is -0.496 e. The number of piperazine rings is 1. The highest BCUT2D eigenvalue weighted by molar-refractivity contribution is 5.78. The topological polar surface area (TPSA) is 71.4 Å². The summed E-state index contributed by atoms with van der Waals surface area (Å²) >= 11 is 0. The van der Waals surface area contributed by atoms with Gasteiger partial charge in [-0.1, -0.05) is 18.2 Å². The molecule has 3 rings (SSSR count). The Balaban J connectivity index is 1.65. The summed E-state index contributed by atoms with van der Waals surface area (Å²) in [5.74, 6) is 1.76. The lowest BCUT2D eigenvalue weighted by atomic mass is 10.1. The third-order valence-electron chi connectivity index (χ3n) is 4.84. The number of carbonyl (C=O) groups excluding carboxylic acids is 1. The first-order valence-electron chi connectivity index (χ1n) is 8.94. The zero-order valence-electron chi connectivity index (χ0n) is 15.6. The molecule has 2 N–H and O–H groups in total. The molecule has 1 aromatic carbocycles. The Kier molecular flexibility index (Phi) is 5.90. The van der Waals surface area contributed by atoms with Crippen LogP contribution in [0.2, 0.25) is 0 Å². The molecule has 1 aromatic heterocycles. The normalized spacial score (nSPS) is 19.1. The molecule has 0 aliphatic carbocycles. The molecule has 0 radical (unpaired) electrons. The molecule has 1 aliphatic heterocycles. The van der Waals surface area contributed by atoms with Gasteiger partial charge in [0.25, 0.3) is 0 Å². The smallest absolute Gasteiger partial charge is 0.234 e. The van der Waals surface area contributed by atoms with Gasteiger partial charge in [-0.25, -0.2) is 4.98 Å². The fourth-order valence-corrected chi connectivity index (χ4v) is 3.46. The van der Waals surface area contributed by atoms with Crippen LogP contribution in [0.5, 0.6) is 5.75 Å². The lowest BCUT2D eigenvalue weighted by molar-refractivity contribution is -0.123. The number of ether oxygens (including phenoxy) is 1. The first-order chi connectivity index (χ1) is 12.6. The van der Waals surface area contributed by atoms with Crippen LogP contribution in [0.1, 0.15) is 30.4 Å². The molecule has 26 heavy (non-hydrogen) atoms. The second-order valence-electron chi connectivity index (χ2n) is 6.62. The molecule has 0 saturated carbocycles. The number of carbonyl (C=O) groups is 1. The van der Waals surface area contributed by atoms with E-state index in [2.05, 4.69) is 20.5 Å². The van der Waals surface area contributed by atoms with Crippen molar-refractivity contribution >= 4 is 5.91 Å². The molecular weight excluding hydrogens is 330 g/mol. The largest absolute Gasteiger partial charge is 0.496 e. The van der Waals surface area contributed by atoms with Gasteiger partial charge in [0.15, 0.2) is 0 Å². The van der Waals surface area contributed by atoms with Crippen molar-refractivity contribution in [2.75, 3.05) is 33.3 Å². The van der Waals surface area contributed by atoms with E-state index in [0.29, 0.717) is 6.54 Å². The van der Waals surface area contributed by atoms with Gasteiger partial charge in [-0.05, 0) is 13.0 Å². The van der Waals surface area contributed by atoms with Crippen LogP contribution in [0.3, 0.4) is 0 Å². The fraction of sp³-hybridized carbons (Fsp3) is 0.474. The van der Waals surface area contributed by atoms with Gasteiger partial charge in [0.1, 0.15) is 11.6 Å². The first-order valence-corrected chi connectivity index (χ1v) is 8.94. The summed E-state index contributed by atoms with van der Waals surface area (Å²) in [7, 11) is 3.63. The van der Waals surface area contributed by atoms with E-state index in [-0.39, 0.29) is 18.0 Å². The molecule has 2 unspecified atom stereocenters. The average molecular weight is 357 g/mol. The summed E-state index contributed by atoms with van der Waals surface area (Å²) in [4.78, 5) is 19.3. The molecule has 2 aromatic rings. The van der Waals surface area contributed by atoms with Crippen LogP contribution >= 0.6 is 0 Å². The summed E-state index contributed by atoms with van der Waals surface area (Å²) < 4.78 is 7.41. The number of nitrogens with zero attached hydrogens (tertiary/aromatic N) is 3. The molecular formula is C19H27N5O2. The van der Waals surface area contributed by atoms with E-state index in [4.69, 9.17) is 4.74 Å². The summed E-state index contributed by atoms with van der Waals surface area (Å²) in [5, 5.41) is 6.48. The molecule has 2 heterocycles. The zero-order valence-corrected chi connectivity index (χ0v) is 15.6. The maximum atomic E-state index is 12.7. The number of rotatable bonds is 6. The second kappa shape index (κ2) is 8.33. The van der Waals surface area contributed by atoms with Gasteiger partial charge in [0.05, 0.1) is 25.7 Å². The second-order valence-corrected chi connectivity index (χ2v) is 6.62. The van der Waals surface area contributed by atoms with Gasteiger partial charge in [-0.15, -0.1) is 0 Å². The number of para-hydroxylation sites is 1. The molecule has 1 fully saturated rings. The maximum Gasteiger partial charge on any atom is 0.234 e. The van der Waals surface area contributed by atoms with E-state index >= 15 is 0 Å². The van der Waals surface area contributed by atoms with Crippen LogP contribution in [-0.2, 0) is 11.8 Å². The molecule has 0 bridgehead atoms. The van der Waals surface area contributed by atoms with Crippen LogP contribution in [-0.4, -0.2) is 53.6 Å². The molecule has 0 spiro atoms. The SMILES string of the molecule is COc1ccccc1C(C)NC(=O)CN1CCNCC1c1nccn1C. The predicted octanol–water partition coefficient (Wildman–Crippen LogP) is 1.25. The Morgan fingerprint density at radius 1 is 1.46 bits per heavy atom. The van der Waals surface area contributed by atoms with Crippen LogP contribution in [0.25, 0.3) is 0 Å². The minimum absolute atomic E-state index is 0.00418. The van der Waals surface area contributed by atoms with Crippen molar-refractivity contribution in [1.29, 1.82) is 0 Å². The predicted molar refractivity (Wildman–Crippen MR) is 99.9 cm³/mol. The van der Waals surface area contributed by atoms with Crippen molar-refractivity contribution in [3.8, 4) is 5.75 Å². The summed E-state index contributed by atoms with van der Waals surface area (Å²) in [6.07, 6.45) is 3.73. The highest BCUT2D eigenvalue weighted by Gasteiger charge is 2.28. The Morgan fingerprint density at radius 2 is 2.27 bits per heavy atom. The van der Waals surface area contributed by atoms with E-state index in [1.54, 1.807) is 13.3 Å². The van der Waals surface area contributed by atoms with E-state index in [1.165, 1.54) is 0 Å². The molecule has 1 aliphatic rings. The summed E-state index contributed by atoms with van der Waals surface area (Å²) in [5.41, 5.74) is 0.976. The van der Waals surface area contributed by atoms with Crippen molar-refractivity contribution in [3.63, 3.8) is 0 Å². The lowest BCUT2D eigenvalue weighted by Crippen LogP contribution is -2.50. The number of aryl methyl sites for hydroxylation is 1.